The summed E-state index contributed by atoms with van der Waals surface area (Å²) in [7, 11) is 3.95. The van der Waals surface area contributed by atoms with Crippen LogP contribution in [-0.2, 0) is 11.8 Å². The average Bonchev–Trinajstić information content (AvgIpc) is 3.08. The summed E-state index contributed by atoms with van der Waals surface area (Å²) in [5.41, 5.74) is 4.96. The average molecular weight is 375 g/mol. The highest BCUT2D eigenvalue weighted by molar-refractivity contribution is 5.77. The number of likely N-dealkylation sites (N-methyl/N-ethyl adjacent to an activating group) is 1. The lowest BCUT2D eigenvalue weighted by Gasteiger charge is -2.56. The van der Waals surface area contributed by atoms with Crippen molar-refractivity contribution in [3.63, 3.8) is 0 Å². The Bertz CT molecular complexity index is 985. The molecule has 1 spiro atoms. The molecule has 0 radical (unpaired) electrons. The van der Waals surface area contributed by atoms with Gasteiger partial charge < -0.3 is 19.5 Å². The number of ether oxygens (including phenoxy) is 2. The van der Waals surface area contributed by atoms with Gasteiger partial charge >= 0.3 is 0 Å². The van der Waals surface area contributed by atoms with Crippen LogP contribution in [0.25, 0.3) is 11.1 Å². The number of hydrogen-bond acceptors (Lipinski definition) is 4. The molecule has 0 aromatic heterocycles. The Kier molecular flexibility index (Phi) is 3.34. The number of rotatable bonds is 2. The van der Waals surface area contributed by atoms with Crippen molar-refractivity contribution in [3.05, 3.63) is 59.7 Å². The van der Waals surface area contributed by atoms with Gasteiger partial charge in [-0.25, -0.2) is 0 Å². The SMILES string of the molecule is COc1cc(-c2ccccc2)c2c3c1O[C@H]1[C@@H](O)C=C[C@H]4[C@@H](C2)N(C)CC[C@@]341. The molecule has 5 atom stereocenters. The molecule has 0 unspecified atom stereocenters. The molecule has 2 aliphatic heterocycles. The molecule has 2 aliphatic carbocycles. The summed E-state index contributed by atoms with van der Waals surface area (Å²) in [6.07, 6.45) is 5.39. The Morgan fingerprint density at radius 2 is 2.04 bits per heavy atom. The minimum absolute atomic E-state index is 0.160. The van der Waals surface area contributed by atoms with Gasteiger partial charge in [0.2, 0.25) is 0 Å². The molecule has 0 saturated carbocycles. The highest BCUT2D eigenvalue weighted by Crippen LogP contribution is 2.63. The summed E-state index contributed by atoms with van der Waals surface area (Å²) in [5, 5.41) is 10.8. The molecule has 2 aromatic rings. The summed E-state index contributed by atoms with van der Waals surface area (Å²) in [6.45, 7) is 1.03. The smallest absolute Gasteiger partial charge is 0.166 e. The van der Waals surface area contributed by atoms with E-state index in [0.717, 1.165) is 30.9 Å². The molecule has 2 bridgehead atoms. The third-order valence-corrected chi connectivity index (χ3v) is 7.57. The van der Waals surface area contributed by atoms with Crippen LogP contribution in [0, 0.1) is 5.92 Å². The Morgan fingerprint density at radius 1 is 1.21 bits per heavy atom. The number of aliphatic hydroxyl groups excluding tert-OH is 1. The summed E-state index contributed by atoms with van der Waals surface area (Å²) in [5.74, 6) is 2.01. The van der Waals surface area contributed by atoms with E-state index in [1.807, 2.05) is 6.08 Å². The summed E-state index contributed by atoms with van der Waals surface area (Å²) < 4.78 is 12.3. The second kappa shape index (κ2) is 5.62. The summed E-state index contributed by atoms with van der Waals surface area (Å²) >= 11 is 0. The fraction of sp³-hybridized carbons (Fsp3) is 0.417. The Morgan fingerprint density at radius 3 is 2.82 bits per heavy atom. The van der Waals surface area contributed by atoms with Gasteiger partial charge in [0, 0.05) is 22.9 Å². The van der Waals surface area contributed by atoms with E-state index >= 15 is 0 Å². The monoisotopic (exact) mass is 375 g/mol. The van der Waals surface area contributed by atoms with Crippen molar-refractivity contribution in [2.24, 2.45) is 5.92 Å². The molecule has 6 rings (SSSR count). The maximum absolute atomic E-state index is 10.8. The maximum atomic E-state index is 10.8. The first kappa shape index (κ1) is 16.6. The number of benzene rings is 2. The van der Waals surface area contributed by atoms with Gasteiger partial charge in [-0.15, -0.1) is 0 Å². The van der Waals surface area contributed by atoms with Gasteiger partial charge in [0.05, 0.1) is 7.11 Å². The van der Waals surface area contributed by atoms with Crippen molar-refractivity contribution < 1.29 is 14.6 Å². The van der Waals surface area contributed by atoms with E-state index in [1.54, 1.807) is 7.11 Å². The maximum Gasteiger partial charge on any atom is 0.166 e. The van der Waals surface area contributed by atoms with Gasteiger partial charge in [0.15, 0.2) is 11.5 Å². The van der Waals surface area contributed by atoms with Gasteiger partial charge in [-0.2, -0.15) is 0 Å². The molecule has 1 fully saturated rings. The number of nitrogens with zero attached hydrogens (tertiary/aromatic N) is 1. The van der Waals surface area contributed by atoms with E-state index in [-0.39, 0.29) is 11.5 Å². The molecule has 0 amide bonds. The van der Waals surface area contributed by atoms with Gasteiger partial charge in [-0.1, -0.05) is 42.5 Å². The molecule has 4 nitrogen and oxygen atoms in total. The zero-order chi connectivity index (χ0) is 19.0. The van der Waals surface area contributed by atoms with E-state index in [0.29, 0.717) is 12.0 Å². The lowest BCUT2D eigenvalue weighted by Crippen LogP contribution is -2.64. The Labute approximate surface area is 165 Å². The van der Waals surface area contributed by atoms with Crippen LogP contribution in [0.1, 0.15) is 17.5 Å². The second-order valence-corrected chi connectivity index (χ2v) is 8.66. The summed E-state index contributed by atoms with van der Waals surface area (Å²) in [6, 6.07) is 13.1. The first-order valence-electron chi connectivity index (χ1n) is 10.2. The molecular formula is C24H25NO3. The number of likely N-dealkylation sites (tertiary alicyclic amines) is 1. The minimum Gasteiger partial charge on any atom is -0.493 e. The van der Waals surface area contributed by atoms with Gasteiger partial charge in [-0.3, -0.25) is 0 Å². The first-order valence-corrected chi connectivity index (χ1v) is 10.2. The minimum atomic E-state index is -0.580. The van der Waals surface area contributed by atoms with Gasteiger partial charge in [-0.05, 0) is 49.2 Å². The van der Waals surface area contributed by atoms with Crippen LogP contribution in [0.4, 0.5) is 0 Å². The Balaban J connectivity index is 1.69. The third kappa shape index (κ3) is 1.88. The zero-order valence-electron chi connectivity index (χ0n) is 16.3. The van der Waals surface area contributed by atoms with Crippen LogP contribution in [0.2, 0.25) is 0 Å². The number of methoxy groups -OCH3 is 1. The van der Waals surface area contributed by atoms with E-state index in [9.17, 15) is 5.11 Å². The van der Waals surface area contributed by atoms with Crippen molar-refractivity contribution in [3.8, 4) is 22.6 Å². The van der Waals surface area contributed by atoms with Crippen LogP contribution in [0.15, 0.2) is 48.6 Å². The lowest BCUT2D eigenvalue weighted by molar-refractivity contribution is -0.0452. The van der Waals surface area contributed by atoms with E-state index in [2.05, 4.69) is 54.4 Å². The molecule has 28 heavy (non-hydrogen) atoms. The van der Waals surface area contributed by atoms with E-state index in [1.165, 1.54) is 22.3 Å². The van der Waals surface area contributed by atoms with Gasteiger partial charge in [0.25, 0.3) is 0 Å². The predicted octanol–water partition coefficient (Wildman–Crippen LogP) is 3.17. The molecule has 4 aliphatic rings. The van der Waals surface area contributed by atoms with Crippen molar-refractivity contribution in [1.29, 1.82) is 0 Å². The van der Waals surface area contributed by atoms with Crippen LogP contribution in [0.5, 0.6) is 11.5 Å². The van der Waals surface area contributed by atoms with Crippen LogP contribution in [0.3, 0.4) is 0 Å². The molecule has 2 heterocycles. The topological polar surface area (TPSA) is 41.9 Å². The van der Waals surface area contributed by atoms with E-state index < -0.39 is 6.10 Å². The first-order chi connectivity index (χ1) is 13.6. The summed E-state index contributed by atoms with van der Waals surface area (Å²) in [4.78, 5) is 2.49. The number of piperidine rings is 1. The molecule has 1 N–H and O–H groups in total. The van der Waals surface area contributed by atoms with Crippen LogP contribution in [-0.4, -0.2) is 49.0 Å². The Hall–Kier alpha value is -2.30. The zero-order valence-corrected chi connectivity index (χ0v) is 16.3. The predicted molar refractivity (Wildman–Crippen MR) is 108 cm³/mol. The molecular weight excluding hydrogens is 350 g/mol. The molecule has 1 saturated heterocycles. The van der Waals surface area contributed by atoms with E-state index in [4.69, 9.17) is 9.47 Å². The third-order valence-electron chi connectivity index (χ3n) is 7.57. The van der Waals surface area contributed by atoms with Crippen molar-refractivity contribution in [1.82, 2.24) is 4.90 Å². The van der Waals surface area contributed by atoms with Crippen molar-refractivity contribution in [2.75, 3.05) is 20.7 Å². The van der Waals surface area contributed by atoms with Crippen LogP contribution >= 0.6 is 0 Å². The number of hydrogen-bond donors (Lipinski definition) is 1. The van der Waals surface area contributed by atoms with Crippen molar-refractivity contribution in [2.45, 2.75) is 36.5 Å². The van der Waals surface area contributed by atoms with Gasteiger partial charge in [0.1, 0.15) is 12.2 Å². The second-order valence-electron chi connectivity index (χ2n) is 8.66. The number of aliphatic hydroxyl groups is 1. The molecule has 144 valence electrons. The molecule has 2 aromatic carbocycles. The largest absolute Gasteiger partial charge is 0.493 e. The quantitative estimate of drug-likeness (QED) is 0.819. The molecule has 4 heteroatoms. The highest BCUT2D eigenvalue weighted by Gasteiger charge is 2.64. The fourth-order valence-corrected chi connectivity index (χ4v) is 6.34. The lowest BCUT2D eigenvalue weighted by atomic mass is 9.53. The van der Waals surface area contributed by atoms with Crippen LogP contribution < -0.4 is 9.47 Å². The highest BCUT2D eigenvalue weighted by atomic mass is 16.5. The standard InChI is InChI=1S/C24H25NO3/c1-25-11-10-24-17-8-9-19(26)23(24)28-22-20(27-2)13-15(14-6-4-3-5-7-14)16(21(22)24)12-18(17)25/h3-9,13,17-19,23,26H,10-12H2,1-2H3/t17-,18+,19-,23-,24-/m0/s1. The van der Waals surface area contributed by atoms with Crippen molar-refractivity contribution >= 4 is 0 Å². The normalized spacial score (nSPS) is 34.7. The fourth-order valence-electron chi connectivity index (χ4n) is 6.34.